The Kier molecular flexibility index (Phi) is 4.40. The third kappa shape index (κ3) is 2.88. The number of aromatic nitrogens is 1. The van der Waals surface area contributed by atoms with E-state index in [0.717, 1.165) is 23.2 Å². The second-order valence-corrected chi connectivity index (χ2v) is 7.32. The van der Waals surface area contributed by atoms with Crippen LogP contribution in [0.2, 0.25) is 0 Å². The minimum Gasteiger partial charge on any atom is -0.508 e. The molecule has 27 heavy (non-hydrogen) atoms. The van der Waals surface area contributed by atoms with Crippen LogP contribution in [0.3, 0.4) is 0 Å². The number of benzene rings is 2. The lowest BCUT2D eigenvalue weighted by Crippen LogP contribution is -2.41. The Labute approximate surface area is 158 Å². The first-order chi connectivity index (χ1) is 13.0. The van der Waals surface area contributed by atoms with E-state index < -0.39 is 0 Å². The number of aromatic hydroxyl groups is 1. The van der Waals surface area contributed by atoms with Crippen LogP contribution in [0, 0.1) is 13.8 Å². The van der Waals surface area contributed by atoms with E-state index in [1.165, 1.54) is 22.1 Å². The molecule has 0 spiro atoms. The molecule has 0 saturated heterocycles. The molecule has 140 valence electrons. The van der Waals surface area contributed by atoms with Gasteiger partial charge in [0, 0.05) is 36.1 Å². The summed E-state index contributed by atoms with van der Waals surface area (Å²) >= 11 is 0. The highest BCUT2D eigenvalue weighted by molar-refractivity contribution is 5.89. The van der Waals surface area contributed by atoms with E-state index >= 15 is 0 Å². The summed E-state index contributed by atoms with van der Waals surface area (Å²) in [5.74, 6) is 0.247. The molecule has 1 aliphatic rings. The molecule has 0 bridgehead atoms. The van der Waals surface area contributed by atoms with Gasteiger partial charge in [-0.15, -0.1) is 0 Å². The first-order valence-corrected chi connectivity index (χ1v) is 9.40. The topological polar surface area (TPSA) is 82.3 Å². The SMILES string of the molecule is Cc1ccc2c3c([nH]c2c1C)C(c1cccc(O)c1)N(C(=O)CCN)CC3. The average molecular weight is 363 g/mol. The summed E-state index contributed by atoms with van der Waals surface area (Å²) in [5.41, 5.74) is 12.5. The predicted octanol–water partition coefficient (Wildman–Crippen LogP) is 3.31. The lowest BCUT2D eigenvalue weighted by Gasteiger charge is -2.36. The Morgan fingerprint density at radius 1 is 1.30 bits per heavy atom. The molecule has 4 rings (SSSR count). The van der Waals surface area contributed by atoms with Gasteiger partial charge >= 0.3 is 0 Å². The Morgan fingerprint density at radius 2 is 2.11 bits per heavy atom. The number of amides is 1. The molecule has 5 heteroatoms. The first-order valence-electron chi connectivity index (χ1n) is 9.40. The van der Waals surface area contributed by atoms with E-state index in [4.69, 9.17) is 5.73 Å². The van der Waals surface area contributed by atoms with Crippen LogP contribution in [-0.2, 0) is 11.2 Å². The second-order valence-electron chi connectivity index (χ2n) is 7.32. The number of hydrogen-bond donors (Lipinski definition) is 3. The zero-order chi connectivity index (χ0) is 19.1. The van der Waals surface area contributed by atoms with Crippen LogP contribution < -0.4 is 5.73 Å². The van der Waals surface area contributed by atoms with Crippen LogP contribution in [-0.4, -0.2) is 34.0 Å². The molecule has 0 saturated carbocycles. The lowest BCUT2D eigenvalue weighted by molar-refractivity contribution is -0.133. The van der Waals surface area contributed by atoms with E-state index in [1.54, 1.807) is 12.1 Å². The number of carbonyl (C=O) groups excluding carboxylic acids is 1. The number of hydrogen-bond acceptors (Lipinski definition) is 3. The van der Waals surface area contributed by atoms with Gasteiger partial charge < -0.3 is 20.7 Å². The molecular weight excluding hydrogens is 338 g/mol. The minimum atomic E-state index is -0.244. The fourth-order valence-corrected chi connectivity index (χ4v) is 4.18. The summed E-state index contributed by atoms with van der Waals surface area (Å²) in [6, 6.07) is 11.3. The largest absolute Gasteiger partial charge is 0.508 e. The van der Waals surface area contributed by atoms with Gasteiger partial charge in [0.15, 0.2) is 0 Å². The molecule has 3 aromatic rings. The normalized spacial score (nSPS) is 16.6. The number of nitrogens with one attached hydrogen (secondary N) is 1. The van der Waals surface area contributed by atoms with Crippen LogP contribution in [0.25, 0.3) is 10.9 Å². The Morgan fingerprint density at radius 3 is 2.85 bits per heavy atom. The monoisotopic (exact) mass is 363 g/mol. The maximum Gasteiger partial charge on any atom is 0.224 e. The van der Waals surface area contributed by atoms with Crippen LogP contribution >= 0.6 is 0 Å². The van der Waals surface area contributed by atoms with Crippen LogP contribution in [0.15, 0.2) is 36.4 Å². The first kappa shape index (κ1) is 17.6. The van der Waals surface area contributed by atoms with Crippen molar-refractivity contribution in [1.29, 1.82) is 0 Å². The molecule has 1 unspecified atom stereocenters. The summed E-state index contributed by atoms with van der Waals surface area (Å²) in [5, 5.41) is 11.2. The smallest absolute Gasteiger partial charge is 0.224 e. The summed E-state index contributed by atoms with van der Waals surface area (Å²) in [7, 11) is 0. The van der Waals surface area contributed by atoms with E-state index in [1.807, 2.05) is 17.0 Å². The van der Waals surface area contributed by atoms with Crippen molar-refractivity contribution >= 4 is 16.8 Å². The average Bonchev–Trinajstić information content (AvgIpc) is 3.03. The van der Waals surface area contributed by atoms with Gasteiger partial charge in [-0.25, -0.2) is 0 Å². The Balaban J connectivity index is 1.93. The summed E-state index contributed by atoms with van der Waals surface area (Å²) in [6.07, 6.45) is 1.13. The van der Waals surface area contributed by atoms with E-state index in [9.17, 15) is 9.90 Å². The number of H-pyrrole nitrogens is 1. The summed E-state index contributed by atoms with van der Waals surface area (Å²) < 4.78 is 0. The van der Waals surface area contributed by atoms with Crippen molar-refractivity contribution in [3.05, 3.63) is 64.3 Å². The molecule has 2 heterocycles. The molecular formula is C22H25N3O2. The fourth-order valence-electron chi connectivity index (χ4n) is 4.18. The number of aryl methyl sites for hydroxylation is 2. The van der Waals surface area contributed by atoms with Crippen molar-refractivity contribution in [1.82, 2.24) is 9.88 Å². The van der Waals surface area contributed by atoms with Crippen molar-refractivity contribution in [2.24, 2.45) is 5.73 Å². The highest BCUT2D eigenvalue weighted by atomic mass is 16.3. The minimum absolute atomic E-state index is 0.0445. The van der Waals surface area contributed by atoms with Gasteiger partial charge in [-0.1, -0.05) is 24.3 Å². The number of phenols is 1. The molecule has 0 aliphatic carbocycles. The quantitative estimate of drug-likeness (QED) is 0.668. The lowest BCUT2D eigenvalue weighted by atomic mass is 9.91. The molecule has 0 fully saturated rings. The number of nitrogens with two attached hydrogens (primary N) is 1. The number of aromatic amines is 1. The molecule has 1 aliphatic heterocycles. The number of phenolic OH excluding ortho intramolecular Hbond substituents is 1. The van der Waals surface area contributed by atoms with Gasteiger partial charge in [-0.3, -0.25) is 4.79 Å². The zero-order valence-corrected chi connectivity index (χ0v) is 15.7. The van der Waals surface area contributed by atoms with Crippen LogP contribution in [0.5, 0.6) is 5.75 Å². The van der Waals surface area contributed by atoms with Crippen molar-refractivity contribution < 1.29 is 9.90 Å². The zero-order valence-electron chi connectivity index (χ0n) is 15.7. The standard InChI is InChI=1S/C22H25N3O2/c1-13-6-7-17-18-9-11-25(19(27)8-10-23)22(15-4-3-5-16(26)12-15)21(18)24-20(17)14(13)2/h3-7,12,22,24,26H,8-11,23H2,1-2H3. The molecule has 1 amide bonds. The van der Waals surface area contributed by atoms with E-state index in [0.29, 0.717) is 19.5 Å². The van der Waals surface area contributed by atoms with E-state index in [2.05, 4.69) is 31.0 Å². The van der Waals surface area contributed by atoms with Crippen molar-refractivity contribution in [2.45, 2.75) is 32.7 Å². The van der Waals surface area contributed by atoms with Crippen LogP contribution in [0.1, 0.15) is 40.4 Å². The van der Waals surface area contributed by atoms with Gasteiger partial charge in [0.05, 0.1) is 6.04 Å². The Hall–Kier alpha value is -2.79. The third-order valence-corrected chi connectivity index (χ3v) is 5.70. The van der Waals surface area contributed by atoms with Gasteiger partial charge in [0.25, 0.3) is 0 Å². The van der Waals surface area contributed by atoms with Crippen molar-refractivity contribution in [3.8, 4) is 5.75 Å². The molecule has 1 aromatic heterocycles. The van der Waals surface area contributed by atoms with Crippen LogP contribution in [0.4, 0.5) is 0 Å². The fraction of sp³-hybridized carbons (Fsp3) is 0.318. The maximum absolute atomic E-state index is 12.8. The number of rotatable bonds is 3. The molecule has 2 aromatic carbocycles. The predicted molar refractivity (Wildman–Crippen MR) is 107 cm³/mol. The summed E-state index contributed by atoms with van der Waals surface area (Å²) in [4.78, 5) is 18.3. The number of nitrogens with zero attached hydrogens (tertiary/aromatic N) is 1. The summed E-state index contributed by atoms with van der Waals surface area (Å²) in [6.45, 7) is 5.21. The molecule has 4 N–H and O–H groups in total. The highest BCUT2D eigenvalue weighted by Gasteiger charge is 2.34. The Bertz CT molecular complexity index is 1020. The highest BCUT2D eigenvalue weighted by Crippen LogP contribution is 2.40. The van der Waals surface area contributed by atoms with Gasteiger partial charge in [-0.2, -0.15) is 0 Å². The third-order valence-electron chi connectivity index (χ3n) is 5.70. The number of fused-ring (bicyclic) bond motifs is 3. The van der Waals surface area contributed by atoms with E-state index in [-0.39, 0.29) is 17.7 Å². The molecule has 0 radical (unpaired) electrons. The van der Waals surface area contributed by atoms with Gasteiger partial charge in [-0.05, 0) is 54.7 Å². The number of carbonyl (C=O) groups is 1. The molecule has 1 atom stereocenters. The second kappa shape index (κ2) is 6.74. The maximum atomic E-state index is 12.8. The van der Waals surface area contributed by atoms with Crippen molar-refractivity contribution in [2.75, 3.05) is 13.1 Å². The van der Waals surface area contributed by atoms with Crippen molar-refractivity contribution in [3.63, 3.8) is 0 Å². The van der Waals surface area contributed by atoms with Gasteiger partial charge in [0.1, 0.15) is 5.75 Å². The van der Waals surface area contributed by atoms with Gasteiger partial charge in [0.2, 0.25) is 5.91 Å². The molecule has 5 nitrogen and oxygen atoms in total.